The Labute approximate surface area is 195 Å². The Morgan fingerprint density at radius 1 is 1.00 bits per heavy atom. The summed E-state index contributed by atoms with van der Waals surface area (Å²) >= 11 is 0. The highest BCUT2D eigenvalue weighted by molar-refractivity contribution is 5.95. The average molecular weight is 470 g/mol. The van der Waals surface area contributed by atoms with Crippen LogP contribution >= 0.6 is 0 Å². The molecule has 34 heavy (non-hydrogen) atoms. The fourth-order valence-electron chi connectivity index (χ4n) is 5.06. The van der Waals surface area contributed by atoms with Gasteiger partial charge in [0.05, 0.1) is 35.4 Å². The maximum atomic E-state index is 13.5. The number of urea groups is 1. The number of hydrogen-bond donors (Lipinski definition) is 0. The summed E-state index contributed by atoms with van der Waals surface area (Å²) in [5, 5.41) is 4.17. The molecule has 1 spiro atoms. The van der Waals surface area contributed by atoms with Gasteiger partial charge in [-0.05, 0) is 42.7 Å². The molecular formula is C24H25F3N6O. The summed E-state index contributed by atoms with van der Waals surface area (Å²) in [4.78, 5) is 25.1. The van der Waals surface area contributed by atoms with Gasteiger partial charge in [-0.2, -0.15) is 18.3 Å². The second kappa shape index (κ2) is 8.41. The van der Waals surface area contributed by atoms with Crippen molar-refractivity contribution in [1.82, 2.24) is 24.6 Å². The standard InChI is InChI=1S/C24H25F3N6O/c1-31-20(9-12-30-31)19-7-5-17(13-28-19)15-33-22(34)32(16-23(33)10-3-2-4-11-23)18-6-8-21(29-14-18)24(25,26)27/h5-9,12-14H,2-4,10-11,15-16H2,1H3. The lowest BCUT2D eigenvalue weighted by molar-refractivity contribution is -0.141. The van der Waals surface area contributed by atoms with Crippen LogP contribution in [0.4, 0.5) is 23.7 Å². The largest absolute Gasteiger partial charge is 0.433 e. The highest BCUT2D eigenvalue weighted by Gasteiger charge is 2.50. The summed E-state index contributed by atoms with van der Waals surface area (Å²) in [5.41, 5.74) is 1.66. The van der Waals surface area contributed by atoms with Crippen LogP contribution in [0.25, 0.3) is 11.4 Å². The molecule has 1 aliphatic carbocycles. The molecule has 2 amide bonds. The fourth-order valence-corrected chi connectivity index (χ4v) is 5.06. The van der Waals surface area contributed by atoms with Crippen LogP contribution in [-0.2, 0) is 19.8 Å². The molecular weight excluding hydrogens is 445 g/mol. The molecule has 0 radical (unpaired) electrons. The van der Waals surface area contributed by atoms with Crippen molar-refractivity contribution >= 4 is 11.7 Å². The molecule has 0 bridgehead atoms. The van der Waals surface area contributed by atoms with Crippen molar-refractivity contribution in [2.75, 3.05) is 11.4 Å². The van der Waals surface area contributed by atoms with Crippen LogP contribution in [0.2, 0.25) is 0 Å². The van der Waals surface area contributed by atoms with Gasteiger partial charge in [0.1, 0.15) is 5.69 Å². The molecule has 178 valence electrons. The smallest absolute Gasteiger partial charge is 0.312 e. The Bertz CT molecular complexity index is 1170. The van der Waals surface area contributed by atoms with Crippen molar-refractivity contribution < 1.29 is 18.0 Å². The van der Waals surface area contributed by atoms with Gasteiger partial charge in [0.15, 0.2) is 0 Å². The van der Waals surface area contributed by atoms with Crippen molar-refractivity contribution in [3.63, 3.8) is 0 Å². The lowest BCUT2D eigenvalue weighted by Gasteiger charge is -2.40. The number of nitrogens with zero attached hydrogens (tertiary/aromatic N) is 6. The topological polar surface area (TPSA) is 67.2 Å². The van der Waals surface area contributed by atoms with Crippen molar-refractivity contribution in [3.05, 3.63) is 60.2 Å². The maximum absolute atomic E-state index is 13.5. The summed E-state index contributed by atoms with van der Waals surface area (Å²) in [5.74, 6) is 0. The molecule has 0 aromatic carbocycles. The van der Waals surface area contributed by atoms with Gasteiger partial charge in [0.2, 0.25) is 0 Å². The van der Waals surface area contributed by atoms with E-state index in [2.05, 4.69) is 15.1 Å². The second-order valence-electron chi connectivity index (χ2n) is 9.03. The van der Waals surface area contributed by atoms with Crippen molar-refractivity contribution in [1.29, 1.82) is 0 Å². The molecule has 2 fully saturated rings. The first-order valence-corrected chi connectivity index (χ1v) is 11.3. The van der Waals surface area contributed by atoms with Gasteiger partial charge in [0, 0.05) is 26.0 Å². The van der Waals surface area contributed by atoms with Crippen molar-refractivity contribution in [2.24, 2.45) is 7.05 Å². The van der Waals surface area contributed by atoms with Gasteiger partial charge >= 0.3 is 12.2 Å². The normalized spacial score (nSPS) is 18.2. The average Bonchev–Trinajstić information content (AvgIpc) is 3.37. The third-order valence-electron chi connectivity index (χ3n) is 6.87. The molecule has 7 nitrogen and oxygen atoms in total. The highest BCUT2D eigenvalue weighted by Crippen LogP contribution is 2.42. The van der Waals surface area contributed by atoms with Crippen LogP contribution < -0.4 is 4.90 Å². The van der Waals surface area contributed by atoms with Gasteiger partial charge in [-0.25, -0.2) is 9.78 Å². The van der Waals surface area contributed by atoms with Crippen LogP contribution in [0.15, 0.2) is 48.9 Å². The van der Waals surface area contributed by atoms with Crippen molar-refractivity contribution in [3.8, 4) is 11.4 Å². The summed E-state index contributed by atoms with van der Waals surface area (Å²) in [7, 11) is 1.85. The van der Waals surface area contributed by atoms with E-state index in [1.807, 2.05) is 30.1 Å². The van der Waals surface area contributed by atoms with Gasteiger partial charge in [-0.3, -0.25) is 14.6 Å². The van der Waals surface area contributed by atoms with E-state index >= 15 is 0 Å². The molecule has 2 aliphatic rings. The molecule has 1 aliphatic heterocycles. The van der Waals surface area contributed by atoms with E-state index in [1.165, 1.54) is 6.07 Å². The Balaban J connectivity index is 1.41. The molecule has 0 atom stereocenters. The summed E-state index contributed by atoms with van der Waals surface area (Å²) in [6.45, 7) is 0.835. The quantitative estimate of drug-likeness (QED) is 0.536. The molecule has 5 rings (SSSR count). The number of pyridine rings is 2. The first-order valence-electron chi connectivity index (χ1n) is 11.3. The number of carbonyl (C=O) groups excluding carboxylic acids is 1. The van der Waals surface area contributed by atoms with Crippen LogP contribution in [-0.4, -0.2) is 42.8 Å². The Morgan fingerprint density at radius 3 is 2.38 bits per heavy atom. The monoisotopic (exact) mass is 470 g/mol. The number of amides is 2. The Kier molecular flexibility index (Phi) is 5.53. The van der Waals surface area contributed by atoms with E-state index < -0.39 is 11.9 Å². The number of rotatable bonds is 4. The molecule has 1 saturated heterocycles. The minimum absolute atomic E-state index is 0.209. The zero-order chi connectivity index (χ0) is 23.9. The number of halogens is 3. The predicted molar refractivity (Wildman–Crippen MR) is 120 cm³/mol. The summed E-state index contributed by atoms with van der Waals surface area (Å²) < 4.78 is 40.6. The number of carbonyl (C=O) groups is 1. The van der Waals surface area contributed by atoms with E-state index in [9.17, 15) is 18.0 Å². The zero-order valence-corrected chi connectivity index (χ0v) is 18.8. The lowest BCUT2D eigenvalue weighted by atomic mass is 9.81. The molecule has 0 N–H and O–H groups in total. The predicted octanol–water partition coefficient (Wildman–Crippen LogP) is 5.04. The molecule has 1 saturated carbocycles. The minimum atomic E-state index is -4.52. The third-order valence-corrected chi connectivity index (χ3v) is 6.87. The summed E-state index contributed by atoms with van der Waals surface area (Å²) in [6.07, 6.45) is 4.99. The van der Waals surface area contributed by atoms with Gasteiger partial charge in [-0.1, -0.05) is 25.3 Å². The number of anilines is 1. The van der Waals surface area contributed by atoms with E-state index in [0.717, 1.165) is 61.3 Å². The van der Waals surface area contributed by atoms with E-state index in [0.29, 0.717) is 18.8 Å². The van der Waals surface area contributed by atoms with Gasteiger partial charge < -0.3 is 4.90 Å². The first kappa shape index (κ1) is 22.4. The molecule has 3 aromatic rings. The van der Waals surface area contributed by atoms with E-state index in [4.69, 9.17) is 0 Å². The third kappa shape index (κ3) is 4.01. The molecule has 4 heterocycles. The number of alkyl halides is 3. The summed E-state index contributed by atoms with van der Waals surface area (Å²) in [6, 6.07) is 7.82. The SMILES string of the molecule is Cn1nccc1-c1ccc(CN2C(=O)N(c3ccc(C(F)(F)F)nc3)CC23CCCCC3)cn1. The van der Waals surface area contributed by atoms with Crippen LogP contribution in [0.3, 0.4) is 0 Å². The number of aromatic nitrogens is 4. The molecule has 10 heteroatoms. The highest BCUT2D eigenvalue weighted by atomic mass is 19.4. The maximum Gasteiger partial charge on any atom is 0.433 e. The minimum Gasteiger partial charge on any atom is -0.312 e. The Morgan fingerprint density at radius 2 is 1.79 bits per heavy atom. The molecule has 0 unspecified atom stereocenters. The number of aryl methyl sites for hydroxylation is 1. The molecule has 3 aromatic heterocycles. The second-order valence-corrected chi connectivity index (χ2v) is 9.03. The van der Waals surface area contributed by atoms with Crippen molar-refractivity contribution in [2.45, 2.75) is 50.4 Å². The Hall–Kier alpha value is -3.43. The number of hydrogen-bond acceptors (Lipinski definition) is 4. The van der Waals surface area contributed by atoms with E-state index in [-0.39, 0.29) is 11.6 Å². The van der Waals surface area contributed by atoms with Gasteiger partial charge in [-0.15, -0.1) is 0 Å². The fraction of sp³-hybridized carbons (Fsp3) is 0.417. The zero-order valence-electron chi connectivity index (χ0n) is 18.8. The van der Waals surface area contributed by atoms with Crippen LogP contribution in [0.5, 0.6) is 0 Å². The lowest BCUT2D eigenvalue weighted by Crippen LogP contribution is -2.48. The van der Waals surface area contributed by atoms with E-state index in [1.54, 1.807) is 22.0 Å². The van der Waals surface area contributed by atoms with Gasteiger partial charge in [0.25, 0.3) is 0 Å². The van der Waals surface area contributed by atoms with Crippen LogP contribution in [0, 0.1) is 0 Å². The first-order chi connectivity index (χ1) is 16.3. The van der Waals surface area contributed by atoms with Crippen LogP contribution in [0.1, 0.15) is 43.4 Å².